The maximum Gasteiger partial charge on any atom is 0.319 e. The van der Waals surface area contributed by atoms with E-state index in [-0.39, 0.29) is 6.03 Å². The smallest absolute Gasteiger partial charge is 0.319 e. The first-order valence-electron chi connectivity index (χ1n) is 7.78. The second-order valence-corrected chi connectivity index (χ2v) is 6.07. The molecule has 0 fully saturated rings. The Balaban J connectivity index is 1.50. The molecule has 0 atom stereocenters. The molecule has 1 aliphatic rings. The largest absolute Gasteiger partial charge is 0.369 e. The third kappa shape index (κ3) is 3.59. The number of urea groups is 1. The van der Waals surface area contributed by atoms with Crippen LogP contribution in [0.1, 0.15) is 11.1 Å². The Hall–Kier alpha value is -2.20. The van der Waals surface area contributed by atoms with Crippen molar-refractivity contribution in [1.29, 1.82) is 0 Å². The Kier molecular flexibility index (Phi) is 4.72. The fraction of sp³-hybridized carbons (Fsp3) is 0.278. The maximum absolute atomic E-state index is 12.0. The zero-order valence-corrected chi connectivity index (χ0v) is 13.9. The third-order valence-corrected chi connectivity index (χ3v) is 4.58. The number of halogens is 1. The predicted octanol–water partition coefficient (Wildman–Crippen LogP) is 3.83. The Morgan fingerprint density at radius 2 is 2.04 bits per heavy atom. The first kappa shape index (κ1) is 15.7. The molecular formula is C18H20ClN3O. The van der Waals surface area contributed by atoms with Crippen molar-refractivity contribution in [3.05, 3.63) is 58.6 Å². The molecule has 3 rings (SSSR count). The monoisotopic (exact) mass is 329 g/mol. The van der Waals surface area contributed by atoms with E-state index in [0.29, 0.717) is 11.6 Å². The van der Waals surface area contributed by atoms with Crippen molar-refractivity contribution >= 4 is 29.0 Å². The first-order valence-corrected chi connectivity index (χ1v) is 8.16. The maximum atomic E-state index is 12.0. The molecule has 2 aromatic rings. The van der Waals surface area contributed by atoms with Crippen LogP contribution < -0.4 is 15.5 Å². The van der Waals surface area contributed by atoms with Gasteiger partial charge in [0.2, 0.25) is 0 Å². The van der Waals surface area contributed by atoms with Crippen molar-refractivity contribution < 1.29 is 4.79 Å². The van der Waals surface area contributed by atoms with Gasteiger partial charge in [0.1, 0.15) is 0 Å². The van der Waals surface area contributed by atoms with Crippen molar-refractivity contribution in [2.75, 3.05) is 29.9 Å². The fourth-order valence-electron chi connectivity index (χ4n) is 2.85. The highest BCUT2D eigenvalue weighted by Crippen LogP contribution is 2.26. The molecule has 120 valence electrons. The number of rotatable bonds is 4. The lowest BCUT2D eigenvalue weighted by Gasteiger charge is -2.19. The molecule has 0 saturated heterocycles. The zero-order chi connectivity index (χ0) is 16.2. The van der Waals surface area contributed by atoms with Gasteiger partial charge in [0.15, 0.2) is 0 Å². The molecule has 0 unspecified atom stereocenters. The standard InChI is InChI=1S/C18H20ClN3O/c1-13-15(19)6-4-7-16(13)21-18(23)20-10-12-22-11-9-14-5-2-3-8-17(14)22/h2-8H,9-12H2,1H3,(H2,20,21,23). The summed E-state index contributed by atoms with van der Waals surface area (Å²) in [5.74, 6) is 0. The van der Waals surface area contributed by atoms with Crippen LogP contribution in [0.5, 0.6) is 0 Å². The molecule has 23 heavy (non-hydrogen) atoms. The van der Waals surface area contributed by atoms with E-state index in [9.17, 15) is 4.79 Å². The highest BCUT2D eigenvalue weighted by atomic mass is 35.5. The Labute approximate surface area is 141 Å². The van der Waals surface area contributed by atoms with Crippen LogP contribution in [0.15, 0.2) is 42.5 Å². The first-order chi connectivity index (χ1) is 11.1. The summed E-state index contributed by atoms with van der Waals surface area (Å²) >= 11 is 6.06. The average molecular weight is 330 g/mol. The number of amides is 2. The number of nitrogens with zero attached hydrogens (tertiary/aromatic N) is 1. The van der Waals surface area contributed by atoms with E-state index in [0.717, 1.165) is 30.8 Å². The van der Waals surface area contributed by atoms with Crippen LogP contribution in [-0.2, 0) is 6.42 Å². The van der Waals surface area contributed by atoms with Gasteiger partial charge in [0.25, 0.3) is 0 Å². The van der Waals surface area contributed by atoms with E-state index in [1.807, 2.05) is 25.1 Å². The van der Waals surface area contributed by atoms with Crippen LogP contribution in [0.4, 0.5) is 16.2 Å². The SMILES string of the molecule is Cc1c(Cl)cccc1NC(=O)NCCN1CCc2ccccc21. The van der Waals surface area contributed by atoms with Crippen LogP contribution in [0, 0.1) is 6.92 Å². The number of benzene rings is 2. The molecule has 0 spiro atoms. The van der Waals surface area contributed by atoms with Gasteiger partial charge in [-0.05, 0) is 42.7 Å². The van der Waals surface area contributed by atoms with Gasteiger partial charge in [0.05, 0.1) is 0 Å². The zero-order valence-electron chi connectivity index (χ0n) is 13.1. The van der Waals surface area contributed by atoms with Crippen molar-refractivity contribution in [3.63, 3.8) is 0 Å². The van der Waals surface area contributed by atoms with Crippen LogP contribution in [0.3, 0.4) is 0 Å². The summed E-state index contributed by atoms with van der Waals surface area (Å²) in [5.41, 5.74) is 4.27. The van der Waals surface area contributed by atoms with Gasteiger partial charge in [-0.1, -0.05) is 35.9 Å². The lowest BCUT2D eigenvalue weighted by Crippen LogP contribution is -2.36. The van der Waals surface area contributed by atoms with Crippen LogP contribution in [0.2, 0.25) is 5.02 Å². The minimum absolute atomic E-state index is 0.206. The summed E-state index contributed by atoms with van der Waals surface area (Å²) < 4.78 is 0. The van der Waals surface area contributed by atoms with E-state index in [1.165, 1.54) is 11.3 Å². The summed E-state index contributed by atoms with van der Waals surface area (Å²) in [4.78, 5) is 14.3. The quantitative estimate of drug-likeness (QED) is 0.895. The summed E-state index contributed by atoms with van der Waals surface area (Å²) in [6.45, 7) is 4.30. The van der Waals surface area contributed by atoms with E-state index in [4.69, 9.17) is 11.6 Å². The summed E-state index contributed by atoms with van der Waals surface area (Å²) in [5, 5.41) is 6.39. The number of fused-ring (bicyclic) bond motifs is 1. The molecule has 2 aromatic carbocycles. The molecule has 4 nitrogen and oxygen atoms in total. The van der Waals surface area contributed by atoms with Gasteiger partial charge in [-0.2, -0.15) is 0 Å². The molecule has 0 radical (unpaired) electrons. The fourth-order valence-corrected chi connectivity index (χ4v) is 3.03. The molecule has 0 aliphatic carbocycles. The third-order valence-electron chi connectivity index (χ3n) is 4.17. The predicted molar refractivity (Wildman–Crippen MR) is 95.6 cm³/mol. The van der Waals surface area contributed by atoms with Gasteiger partial charge in [-0.15, -0.1) is 0 Å². The number of carbonyl (C=O) groups excluding carboxylic acids is 1. The molecule has 1 heterocycles. The lowest BCUT2D eigenvalue weighted by atomic mass is 10.2. The highest BCUT2D eigenvalue weighted by Gasteiger charge is 2.17. The van der Waals surface area contributed by atoms with E-state index >= 15 is 0 Å². The van der Waals surface area contributed by atoms with Crippen LogP contribution >= 0.6 is 11.6 Å². The molecule has 0 saturated carbocycles. The molecule has 2 amide bonds. The molecule has 2 N–H and O–H groups in total. The van der Waals surface area contributed by atoms with Crippen LogP contribution in [0.25, 0.3) is 0 Å². The molecule has 1 aliphatic heterocycles. The van der Waals surface area contributed by atoms with Crippen molar-refractivity contribution in [1.82, 2.24) is 5.32 Å². The molecule has 5 heteroatoms. The number of hydrogen-bond acceptors (Lipinski definition) is 2. The Morgan fingerprint density at radius 3 is 2.91 bits per heavy atom. The second kappa shape index (κ2) is 6.92. The van der Waals surface area contributed by atoms with Gasteiger partial charge in [-0.3, -0.25) is 0 Å². The molecular weight excluding hydrogens is 310 g/mol. The normalized spacial score (nSPS) is 12.9. The van der Waals surface area contributed by atoms with E-state index in [2.05, 4.69) is 39.8 Å². The summed E-state index contributed by atoms with van der Waals surface area (Å²) in [6, 6.07) is 13.7. The van der Waals surface area contributed by atoms with E-state index < -0.39 is 0 Å². The van der Waals surface area contributed by atoms with Crippen LogP contribution in [-0.4, -0.2) is 25.7 Å². The van der Waals surface area contributed by atoms with Gasteiger partial charge in [0, 0.05) is 36.0 Å². The highest BCUT2D eigenvalue weighted by molar-refractivity contribution is 6.31. The average Bonchev–Trinajstić information content (AvgIpc) is 2.95. The number of para-hydroxylation sites is 1. The summed E-state index contributed by atoms with van der Waals surface area (Å²) in [6.07, 6.45) is 1.07. The number of carbonyl (C=O) groups is 1. The van der Waals surface area contributed by atoms with Gasteiger partial charge < -0.3 is 15.5 Å². The minimum atomic E-state index is -0.206. The van der Waals surface area contributed by atoms with E-state index in [1.54, 1.807) is 0 Å². The lowest BCUT2D eigenvalue weighted by molar-refractivity contribution is 0.252. The van der Waals surface area contributed by atoms with Crippen molar-refractivity contribution in [2.24, 2.45) is 0 Å². The number of nitrogens with one attached hydrogen (secondary N) is 2. The Bertz CT molecular complexity index is 717. The number of anilines is 2. The number of hydrogen-bond donors (Lipinski definition) is 2. The second-order valence-electron chi connectivity index (χ2n) is 5.66. The van der Waals surface area contributed by atoms with Gasteiger partial charge in [-0.25, -0.2) is 4.79 Å². The molecule has 0 aromatic heterocycles. The summed E-state index contributed by atoms with van der Waals surface area (Å²) in [7, 11) is 0. The van der Waals surface area contributed by atoms with Crippen molar-refractivity contribution in [2.45, 2.75) is 13.3 Å². The molecule has 0 bridgehead atoms. The van der Waals surface area contributed by atoms with Gasteiger partial charge >= 0.3 is 6.03 Å². The topological polar surface area (TPSA) is 44.4 Å². The Morgan fingerprint density at radius 1 is 1.22 bits per heavy atom. The van der Waals surface area contributed by atoms with Crippen molar-refractivity contribution in [3.8, 4) is 0 Å². The minimum Gasteiger partial charge on any atom is -0.369 e.